The Morgan fingerprint density at radius 2 is 2.06 bits per heavy atom. The van der Waals surface area contributed by atoms with Crippen LogP contribution in [0, 0.1) is 5.92 Å². The highest BCUT2D eigenvalue weighted by Gasteiger charge is 2.44. The van der Waals surface area contributed by atoms with Crippen LogP contribution in [-0.2, 0) is 14.3 Å². The lowest BCUT2D eigenvalue weighted by atomic mass is 10.0. The largest absolute Gasteiger partial charge is 0.459 e. The summed E-state index contributed by atoms with van der Waals surface area (Å²) in [4.78, 5) is 23.0. The van der Waals surface area contributed by atoms with E-state index in [1.54, 1.807) is 0 Å². The monoisotopic (exact) mass is 225 g/mol. The molecule has 0 aromatic carbocycles. The van der Waals surface area contributed by atoms with Crippen LogP contribution in [0.3, 0.4) is 0 Å². The van der Waals surface area contributed by atoms with Crippen LogP contribution in [-0.4, -0.2) is 29.4 Å². The number of carbonyl (C=O) groups is 2. The van der Waals surface area contributed by atoms with Crippen LogP contribution in [0.2, 0.25) is 0 Å². The zero-order chi connectivity index (χ0) is 11.9. The molecule has 1 N–H and O–H groups in total. The van der Waals surface area contributed by atoms with Gasteiger partial charge in [0, 0.05) is 18.9 Å². The second kappa shape index (κ2) is 3.84. The van der Waals surface area contributed by atoms with E-state index in [1.165, 1.54) is 0 Å². The molecule has 0 radical (unpaired) electrons. The van der Waals surface area contributed by atoms with Gasteiger partial charge in [0.05, 0.1) is 0 Å². The van der Waals surface area contributed by atoms with Gasteiger partial charge in [0.1, 0.15) is 17.4 Å². The van der Waals surface area contributed by atoms with Crippen LogP contribution in [0.25, 0.3) is 0 Å². The average molecular weight is 225 g/mol. The molecule has 4 heteroatoms. The van der Waals surface area contributed by atoms with Crippen molar-refractivity contribution in [1.29, 1.82) is 0 Å². The Morgan fingerprint density at radius 3 is 2.62 bits per heavy atom. The average Bonchev–Trinajstić information content (AvgIpc) is 2.56. The van der Waals surface area contributed by atoms with Gasteiger partial charge in [0.15, 0.2) is 0 Å². The highest BCUT2D eigenvalue weighted by molar-refractivity contribution is 5.83. The van der Waals surface area contributed by atoms with Crippen LogP contribution in [0.4, 0.5) is 0 Å². The van der Waals surface area contributed by atoms with Crippen LogP contribution < -0.4 is 5.32 Å². The lowest BCUT2D eigenvalue weighted by Gasteiger charge is -2.22. The Hall–Kier alpha value is -0.900. The third-order valence-corrected chi connectivity index (χ3v) is 3.15. The molecule has 0 amide bonds. The molecule has 2 aliphatic rings. The van der Waals surface area contributed by atoms with E-state index >= 15 is 0 Å². The van der Waals surface area contributed by atoms with Gasteiger partial charge in [-0.25, -0.2) is 0 Å². The maximum atomic E-state index is 11.8. The predicted molar refractivity (Wildman–Crippen MR) is 58.9 cm³/mol. The summed E-state index contributed by atoms with van der Waals surface area (Å²) in [6, 6.07) is -0.0210. The molecule has 1 unspecified atom stereocenters. The smallest absolute Gasteiger partial charge is 0.323 e. The van der Waals surface area contributed by atoms with E-state index in [9.17, 15) is 9.59 Å². The second-order valence-corrected chi connectivity index (χ2v) is 5.80. The van der Waals surface area contributed by atoms with Crippen molar-refractivity contribution in [3.63, 3.8) is 0 Å². The number of ether oxygens (including phenoxy) is 1. The fourth-order valence-corrected chi connectivity index (χ4v) is 2.54. The third kappa shape index (κ3) is 2.43. The quantitative estimate of drug-likeness (QED) is 0.677. The zero-order valence-corrected chi connectivity index (χ0v) is 10.1. The van der Waals surface area contributed by atoms with E-state index in [0.717, 1.165) is 6.42 Å². The van der Waals surface area contributed by atoms with Gasteiger partial charge in [0.25, 0.3) is 0 Å². The zero-order valence-electron chi connectivity index (χ0n) is 10.1. The third-order valence-electron chi connectivity index (χ3n) is 3.15. The van der Waals surface area contributed by atoms with Crippen molar-refractivity contribution in [1.82, 2.24) is 5.32 Å². The number of esters is 1. The predicted octanol–water partition coefficient (Wildman–Crippen LogP) is 1.04. The SMILES string of the molecule is CC(C)(C)OC(=O)C1C[C@H]2CC(=O)C[C@H]2N1. The summed E-state index contributed by atoms with van der Waals surface area (Å²) in [5, 5.41) is 3.21. The molecule has 2 rings (SSSR count). The molecule has 1 saturated heterocycles. The number of hydrogen-bond donors (Lipinski definition) is 1. The van der Waals surface area contributed by atoms with E-state index in [1.807, 2.05) is 20.8 Å². The van der Waals surface area contributed by atoms with Crippen molar-refractivity contribution in [3.8, 4) is 0 Å². The summed E-state index contributed by atoms with van der Waals surface area (Å²) in [5.41, 5.74) is -0.438. The van der Waals surface area contributed by atoms with Crippen molar-refractivity contribution in [3.05, 3.63) is 0 Å². The number of carbonyl (C=O) groups excluding carboxylic acids is 2. The molecule has 0 bridgehead atoms. The second-order valence-electron chi connectivity index (χ2n) is 5.80. The first-order valence-electron chi connectivity index (χ1n) is 5.86. The van der Waals surface area contributed by atoms with E-state index < -0.39 is 5.60 Å². The van der Waals surface area contributed by atoms with Crippen LogP contribution in [0.5, 0.6) is 0 Å². The van der Waals surface area contributed by atoms with E-state index in [-0.39, 0.29) is 18.1 Å². The molecule has 16 heavy (non-hydrogen) atoms. The van der Waals surface area contributed by atoms with Crippen molar-refractivity contribution in [2.24, 2.45) is 5.92 Å². The molecular formula is C12H19NO3. The van der Waals surface area contributed by atoms with Crippen LogP contribution >= 0.6 is 0 Å². The Labute approximate surface area is 95.7 Å². The molecule has 1 aliphatic carbocycles. The number of fused-ring (bicyclic) bond motifs is 1. The number of ketones is 1. The molecule has 2 fully saturated rings. The van der Waals surface area contributed by atoms with E-state index in [2.05, 4.69) is 5.32 Å². The van der Waals surface area contributed by atoms with Crippen LogP contribution in [0.1, 0.15) is 40.0 Å². The molecule has 0 spiro atoms. The molecule has 0 aromatic rings. The lowest BCUT2D eigenvalue weighted by molar-refractivity contribution is -0.157. The minimum Gasteiger partial charge on any atom is -0.459 e. The number of rotatable bonds is 1. The van der Waals surface area contributed by atoms with Gasteiger partial charge in [-0.1, -0.05) is 0 Å². The minimum absolute atomic E-state index is 0.186. The minimum atomic E-state index is -0.438. The molecule has 90 valence electrons. The first-order valence-corrected chi connectivity index (χ1v) is 5.86. The molecule has 3 atom stereocenters. The summed E-state index contributed by atoms with van der Waals surface area (Å²) in [6.45, 7) is 5.60. The van der Waals surface area contributed by atoms with Gasteiger partial charge >= 0.3 is 5.97 Å². The van der Waals surface area contributed by atoms with Gasteiger partial charge < -0.3 is 10.1 Å². The summed E-state index contributed by atoms with van der Waals surface area (Å²) >= 11 is 0. The summed E-state index contributed by atoms with van der Waals surface area (Å²) in [5.74, 6) is 0.463. The number of nitrogens with one attached hydrogen (secondary N) is 1. The Morgan fingerprint density at radius 1 is 1.38 bits per heavy atom. The first kappa shape index (κ1) is 11.6. The molecule has 4 nitrogen and oxygen atoms in total. The standard InChI is InChI=1S/C12H19NO3/c1-12(2,3)16-11(15)10-5-7-4-8(14)6-9(7)13-10/h7,9-10,13H,4-6H2,1-3H3/t7-,9-,10?/m1/s1. The maximum absolute atomic E-state index is 11.8. The Bertz CT molecular complexity index is 303. The van der Waals surface area contributed by atoms with Crippen molar-refractivity contribution in [2.75, 3.05) is 0 Å². The lowest BCUT2D eigenvalue weighted by Crippen LogP contribution is -2.40. The fourth-order valence-electron chi connectivity index (χ4n) is 2.54. The molecule has 1 heterocycles. The molecule has 1 aliphatic heterocycles. The molecule has 1 saturated carbocycles. The first-order chi connectivity index (χ1) is 7.35. The fraction of sp³-hybridized carbons (Fsp3) is 0.833. The topological polar surface area (TPSA) is 55.4 Å². The normalized spacial score (nSPS) is 33.9. The van der Waals surface area contributed by atoms with Gasteiger partial charge in [0.2, 0.25) is 0 Å². The Kier molecular flexibility index (Phi) is 2.78. The van der Waals surface area contributed by atoms with Crippen molar-refractivity contribution >= 4 is 11.8 Å². The van der Waals surface area contributed by atoms with Crippen molar-refractivity contribution in [2.45, 2.75) is 57.7 Å². The van der Waals surface area contributed by atoms with Crippen LogP contribution in [0.15, 0.2) is 0 Å². The number of Topliss-reactive ketones (excluding diaryl/α,β-unsaturated/α-hetero) is 1. The summed E-state index contributed by atoms with van der Waals surface area (Å²) < 4.78 is 5.33. The highest BCUT2D eigenvalue weighted by atomic mass is 16.6. The van der Waals surface area contributed by atoms with Crippen molar-refractivity contribution < 1.29 is 14.3 Å². The maximum Gasteiger partial charge on any atom is 0.323 e. The van der Waals surface area contributed by atoms with Gasteiger partial charge in [-0.05, 0) is 33.1 Å². The summed E-state index contributed by atoms with van der Waals surface area (Å²) in [7, 11) is 0. The summed E-state index contributed by atoms with van der Waals surface area (Å²) in [6.07, 6.45) is 1.94. The van der Waals surface area contributed by atoms with E-state index in [0.29, 0.717) is 24.5 Å². The van der Waals surface area contributed by atoms with E-state index in [4.69, 9.17) is 4.74 Å². The Balaban J connectivity index is 1.90. The molecular weight excluding hydrogens is 206 g/mol. The van der Waals surface area contributed by atoms with Gasteiger partial charge in [-0.15, -0.1) is 0 Å². The highest BCUT2D eigenvalue weighted by Crippen LogP contribution is 2.33. The molecule has 0 aromatic heterocycles. The van der Waals surface area contributed by atoms with Gasteiger partial charge in [-0.2, -0.15) is 0 Å². The number of hydrogen-bond acceptors (Lipinski definition) is 4. The van der Waals surface area contributed by atoms with Gasteiger partial charge in [-0.3, -0.25) is 9.59 Å².